The maximum Gasteiger partial charge on any atom is 0.113 e. The van der Waals surface area contributed by atoms with E-state index in [4.69, 9.17) is 13.4 Å². The summed E-state index contributed by atoms with van der Waals surface area (Å²) in [4.78, 5) is 7.15. The molecule has 0 heterocycles. The van der Waals surface area contributed by atoms with Crippen LogP contribution in [-0.2, 0) is 4.84 Å². The van der Waals surface area contributed by atoms with Crippen LogP contribution in [0.25, 0.3) is 10.4 Å². The monoisotopic (exact) mass is 217 g/mol. The van der Waals surface area contributed by atoms with Crippen LogP contribution < -0.4 is 0 Å². The van der Waals surface area contributed by atoms with Crippen LogP contribution in [0.5, 0.6) is 0 Å². The van der Waals surface area contributed by atoms with E-state index in [-0.39, 0.29) is 0 Å². The van der Waals surface area contributed by atoms with Gasteiger partial charge in [0.15, 0.2) is 0 Å². The first kappa shape index (κ1) is 14.4. The molecule has 16 heavy (non-hydrogen) atoms. The van der Waals surface area contributed by atoms with E-state index in [0.717, 1.165) is 23.9 Å². The Kier molecular flexibility index (Phi) is 8.94. The third-order valence-corrected chi connectivity index (χ3v) is 1.86. The van der Waals surface area contributed by atoms with Gasteiger partial charge in [-0.3, -0.25) is 0 Å². The second-order valence-electron chi connectivity index (χ2n) is 3.12. The zero-order chi connectivity index (χ0) is 12.2. The lowest BCUT2D eigenvalue weighted by Crippen LogP contribution is -1.89. The summed E-state index contributed by atoms with van der Waals surface area (Å²) >= 11 is 0. The Morgan fingerprint density at radius 1 is 1.50 bits per heavy atom. The number of nitrogens with zero attached hydrogens (tertiary/aromatic N) is 3. The van der Waals surface area contributed by atoms with Crippen LogP contribution >= 0.6 is 0 Å². The zero-order valence-electron chi connectivity index (χ0n) is 9.76. The molecule has 4 nitrogen and oxygen atoms in total. The average Bonchev–Trinajstić information content (AvgIpc) is 2.28. The van der Waals surface area contributed by atoms with Crippen LogP contribution in [-0.4, -0.2) is 14.5 Å². The maximum atomic E-state index is 8.00. The van der Waals surface area contributed by atoms with Crippen LogP contribution in [0.2, 0.25) is 0 Å². The molecule has 5 heteroatoms. The van der Waals surface area contributed by atoms with Gasteiger partial charge in [-0.2, -0.15) is 0 Å². The standard InChI is InChI=1S/C11H16BN3O/c1-3-6-10(9-11(12)4-2)7-5-8-16-15-14-13/h3-4,6,9H,5,7-8H2,1-2H3/b6-3-,10-9+,11-4+. The van der Waals surface area contributed by atoms with Crippen molar-refractivity contribution >= 4 is 7.85 Å². The Labute approximate surface area is 97.7 Å². The molecule has 84 valence electrons. The predicted octanol–water partition coefficient (Wildman–Crippen LogP) is 3.58. The summed E-state index contributed by atoms with van der Waals surface area (Å²) in [7, 11) is 5.71. The fourth-order valence-corrected chi connectivity index (χ4v) is 1.12. The van der Waals surface area contributed by atoms with E-state index in [1.807, 2.05) is 38.2 Å². The van der Waals surface area contributed by atoms with Gasteiger partial charge >= 0.3 is 0 Å². The van der Waals surface area contributed by atoms with Gasteiger partial charge in [0.2, 0.25) is 0 Å². The Morgan fingerprint density at radius 3 is 2.81 bits per heavy atom. The molecule has 0 aliphatic rings. The van der Waals surface area contributed by atoms with Crippen molar-refractivity contribution in [1.82, 2.24) is 0 Å². The van der Waals surface area contributed by atoms with Crippen molar-refractivity contribution < 1.29 is 4.84 Å². The lowest BCUT2D eigenvalue weighted by Gasteiger charge is -2.02. The maximum absolute atomic E-state index is 8.00. The minimum Gasteiger partial charge on any atom is -0.434 e. The van der Waals surface area contributed by atoms with E-state index in [9.17, 15) is 0 Å². The highest BCUT2D eigenvalue weighted by atomic mass is 16.6. The summed E-state index contributed by atoms with van der Waals surface area (Å²) in [6.45, 7) is 4.26. The normalized spacial score (nSPS) is 12.6. The lowest BCUT2D eigenvalue weighted by molar-refractivity contribution is 0.136. The summed E-state index contributed by atoms with van der Waals surface area (Å²) in [5.41, 5.74) is 9.86. The first-order valence-electron chi connectivity index (χ1n) is 5.16. The summed E-state index contributed by atoms with van der Waals surface area (Å²) < 4.78 is 0. The number of allylic oxidation sites excluding steroid dienone is 6. The average molecular weight is 217 g/mol. The Morgan fingerprint density at radius 2 is 2.25 bits per heavy atom. The number of rotatable bonds is 7. The van der Waals surface area contributed by atoms with Crippen LogP contribution in [0.15, 0.2) is 40.6 Å². The molecule has 0 fully saturated rings. The van der Waals surface area contributed by atoms with Crippen molar-refractivity contribution in [1.29, 1.82) is 0 Å². The molecule has 0 amide bonds. The van der Waals surface area contributed by atoms with Crippen molar-refractivity contribution in [3.63, 3.8) is 0 Å². The Hall–Kier alpha value is -1.61. The minimum absolute atomic E-state index is 0.411. The zero-order valence-corrected chi connectivity index (χ0v) is 9.76. The topological polar surface area (TPSA) is 58.0 Å². The van der Waals surface area contributed by atoms with Crippen LogP contribution in [0.3, 0.4) is 0 Å². The number of hydrogen-bond donors (Lipinski definition) is 0. The quantitative estimate of drug-likeness (QED) is 0.122. The van der Waals surface area contributed by atoms with Crippen molar-refractivity contribution in [2.45, 2.75) is 26.7 Å². The molecule has 0 aliphatic heterocycles. The smallest absolute Gasteiger partial charge is 0.113 e. The Bertz CT molecular complexity index is 328. The molecule has 0 unspecified atom stereocenters. The highest BCUT2D eigenvalue weighted by molar-refractivity contribution is 6.23. The molecule has 0 atom stereocenters. The SMILES string of the molecule is [B]C(=C/C)/C=C(\C=C/C)CCCON=[N+]=[N-]. The third-order valence-electron chi connectivity index (χ3n) is 1.86. The van der Waals surface area contributed by atoms with Gasteiger partial charge in [-0.1, -0.05) is 24.3 Å². The molecule has 0 rings (SSSR count). The van der Waals surface area contributed by atoms with Gasteiger partial charge in [0, 0.05) is 4.91 Å². The van der Waals surface area contributed by atoms with Crippen molar-refractivity contribution in [3.05, 3.63) is 45.8 Å². The van der Waals surface area contributed by atoms with Gasteiger partial charge in [-0.05, 0) is 37.8 Å². The molecule has 0 aromatic rings. The van der Waals surface area contributed by atoms with E-state index in [1.165, 1.54) is 0 Å². The van der Waals surface area contributed by atoms with Gasteiger partial charge in [-0.25, -0.2) is 0 Å². The summed E-state index contributed by atoms with van der Waals surface area (Å²) in [5, 5.41) is 3.00. The molecular formula is C11H16BN3O. The molecule has 0 N–H and O–H groups in total. The van der Waals surface area contributed by atoms with Gasteiger partial charge in [0.25, 0.3) is 0 Å². The van der Waals surface area contributed by atoms with Gasteiger partial charge < -0.3 is 4.84 Å². The van der Waals surface area contributed by atoms with E-state index >= 15 is 0 Å². The van der Waals surface area contributed by atoms with Crippen molar-refractivity contribution in [2.24, 2.45) is 5.28 Å². The van der Waals surface area contributed by atoms with E-state index in [2.05, 4.69) is 15.0 Å². The summed E-state index contributed by atoms with van der Waals surface area (Å²) in [6.07, 6.45) is 9.35. The summed E-state index contributed by atoms with van der Waals surface area (Å²) in [6, 6.07) is 0. The molecule has 0 aliphatic carbocycles. The highest BCUT2D eigenvalue weighted by Crippen LogP contribution is 2.10. The highest BCUT2D eigenvalue weighted by Gasteiger charge is 1.94. The Balaban J connectivity index is 4.14. The van der Waals surface area contributed by atoms with Crippen LogP contribution in [0, 0.1) is 0 Å². The minimum atomic E-state index is 0.411. The van der Waals surface area contributed by atoms with Crippen molar-refractivity contribution in [2.75, 3.05) is 6.61 Å². The molecule has 0 aromatic heterocycles. The van der Waals surface area contributed by atoms with E-state index < -0.39 is 0 Å². The van der Waals surface area contributed by atoms with Gasteiger partial charge in [0.05, 0.1) is 6.61 Å². The first-order valence-corrected chi connectivity index (χ1v) is 5.16. The van der Waals surface area contributed by atoms with Gasteiger partial charge in [-0.15, -0.1) is 5.47 Å². The van der Waals surface area contributed by atoms with Crippen LogP contribution in [0.4, 0.5) is 0 Å². The molecule has 0 bridgehead atoms. The van der Waals surface area contributed by atoms with Crippen molar-refractivity contribution in [3.8, 4) is 0 Å². The fraction of sp³-hybridized carbons (Fsp3) is 0.455. The van der Waals surface area contributed by atoms with E-state index in [0.29, 0.717) is 6.61 Å². The van der Waals surface area contributed by atoms with E-state index in [1.54, 1.807) is 0 Å². The fourth-order valence-electron chi connectivity index (χ4n) is 1.12. The molecule has 0 spiro atoms. The molecular weight excluding hydrogens is 201 g/mol. The van der Waals surface area contributed by atoms with Crippen LogP contribution in [0.1, 0.15) is 26.7 Å². The second-order valence-corrected chi connectivity index (χ2v) is 3.12. The lowest BCUT2D eigenvalue weighted by atomic mass is 9.92. The summed E-state index contributed by atoms with van der Waals surface area (Å²) in [5.74, 6) is 0. The largest absolute Gasteiger partial charge is 0.434 e. The molecule has 0 aromatic carbocycles. The molecule has 2 radical (unpaired) electrons. The molecule has 0 saturated carbocycles. The second kappa shape index (κ2) is 9.93. The number of hydrogen-bond acceptors (Lipinski definition) is 2. The predicted molar refractivity (Wildman–Crippen MR) is 66.7 cm³/mol. The third kappa shape index (κ3) is 7.77. The van der Waals surface area contributed by atoms with Gasteiger partial charge in [0.1, 0.15) is 13.1 Å². The number of azide groups is 1. The first-order chi connectivity index (χ1) is 7.74. The molecule has 0 saturated heterocycles.